The Hall–Kier alpha value is -0.240. The van der Waals surface area contributed by atoms with E-state index >= 15 is 0 Å². The molecule has 0 spiro atoms. The van der Waals surface area contributed by atoms with E-state index in [9.17, 15) is 8.42 Å². The molecule has 0 aliphatic heterocycles. The lowest BCUT2D eigenvalue weighted by molar-refractivity contribution is 0.450. The molecule has 14 heavy (non-hydrogen) atoms. The Morgan fingerprint density at radius 2 is 2.07 bits per heavy atom. The first-order valence-corrected chi connectivity index (χ1v) is 6.20. The minimum Gasteiger partial charge on any atom is -0.392 e. The summed E-state index contributed by atoms with van der Waals surface area (Å²) < 4.78 is 26.9. The van der Waals surface area contributed by atoms with Gasteiger partial charge in [-0.3, -0.25) is 0 Å². The van der Waals surface area contributed by atoms with Gasteiger partial charge in [0.25, 0.3) is 10.2 Å². The lowest BCUT2D eigenvalue weighted by Crippen LogP contribution is -2.46. The predicted octanol–water partition coefficient (Wildman–Crippen LogP) is -0.163. The molecule has 7 heteroatoms. The third-order valence-electron chi connectivity index (χ3n) is 1.41. The third kappa shape index (κ3) is 4.85. The van der Waals surface area contributed by atoms with E-state index in [1.54, 1.807) is 20.8 Å². The molecule has 0 fully saturated rings. The van der Waals surface area contributed by atoms with Crippen LogP contribution in [0.3, 0.4) is 0 Å². The number of hydrogen-bond donors (Lipinski definition) is 2. The molecule has 0 aromatic carbocycles. The molecule has 0 rings (SSSR count). The van der Waals surface area contributed by atoms with E-state index in [-0.39, 0.29) is 17.6 Å². The number of hydrogen-bond acceptors (Lipinski definition) is 3. The zero-order valence-electron chi connectivity index (χ0n) is 8.65. The second-order valence-corrected chi connectivity index (χ2v) is 5.40. The molecule has 84 valence electrons. The minimum atomic E-state index is -3.45. The van der Waals surface area contributed by atoms with E-state index in [0.29, 0.717) is 6.54 Å². The van der Waals surface area contributed by atoms with Gasteiger partial charge in [-0.05, 0) is 13.8 Å². The molecular weight excluding hydrogens is 222 g/mol. The Morgan fingerprint density at radius 3 is 2.36 bits per heavy atom. The molecule has 0 saturated carbocycles. The van der Waals surface area contributed by atoms with Crippen LogP contribution in [0, 0.1) is 0 Å². The van der Waals surface area contributed by atoms with Gasteiger partial charge < -0.3 is 5.73 Å². The van der Waals surface area contributed by atoms with Crippen molar-refractivity contribution in [1.82, 2.24) is 9.03 Å². The van der Waals surface area contributed by atoms with Gasteiger partial charge in [0.05, 0.1) is 11.5 Å². The highest BCUT2D eigenvalue weighted by Gasteiger charge is 2.21. The maximum Gasteiger partial charge on any atom is 0.280 e. The number of nitrogens with zero attached hydrogens (tertiary/aromatic N) is 1. The van der Waals surface area contributed by atoms with Crippen molar-refractivity contribution >= 4 is 27.4 Å². The quantitative estimate of drug-likeness (QED) is 0.631. The van der Waals surface area contributed by atoms with Gasteiger partial charge >= 0.3 is 0 Å². The van der Waals surface area contributed by atoms with Crippen molar-refractivity contribution in [1.29, 1.82) is 0 Å². The van der Waals surface area contributed by atoms with Gasteiger partial charge in [-0.15, -0.1) is 0 Å². The van der Waals surface area contributed by atoms with Gasteiger partial charge in [-0.25, -0.2) is 0 Å². The first-order chi connectivity index (χ1) is 6.29. The van der Waals surface area contributed by atoms with Crippen LogP contribution < -0.4 is 10.5 Å². The van der Waals surface area contributed by atoms with E-state index in [1.165, 1.54) is 4.31 Å². The van der Waals surface area contributed by atoms with Crippen LogP contribution in [0.15, 0.2) is 0 Å². The lowest BCUT2D eigenvalue weighted by Gasteiger charge is -2.21. The van der Waals surface area contributed by atoms with Crippen LogP contribution >= 0.6 is 12.2 Å². The molecule has 0 amide bonds. The van der Waals surface area contributed by atoms with Gasteiger partial charge in [0.2, 0.25) is 0 Å². The molecule has 0 atom stereocenters. The number of nitrogens with two attached hydrogens (primary N) is 1. The van der Waals surface area contributed by atoms with Crippen molar-refractivity contribution in [2.45, 2.75) is 26.8 Å². The minimum absolute atomic E-state index is 0.0773. The number of rotatable bonds is 6. The molecule has 0 unspecified atom stereocenters. The SMILES string of the molecule is CCN(CC(N)=S)S(=O)(=O)NC(C)C. The van der Waals surface area contributed by atoms with Crippen molar-refractivity contribution in [2.75, 3.05) is 13.1 Å². The largest absolute Gasteiger partial charge is 0.392 e. The van der Waals surface area contributed by atoms with E-state index < -0.39 is 10.2 Å². The summed E-state index contributed by atoms with van der Waals surface area (Å²) in [5, 5.41) is 0. The van der Waals surface area contributed by atoms with E-state index in [1.807, 2.05) is 0 Å². The molecule has 0 saturated heterocycles. The first kappa shape index (κ1) is 13.8. The van der Waals surface area contributed by atoms with Crippen molar-refractivity contribution in [3.63, 3.8) is 0 Å². The van der Waals surface area contributed by atoms with E-state index in [0.717, 1.165) is 0 Å². The number of nitrogens with one attached hydrogen (secondary N) is 1. The molecular formula is C7H17N3O2S2. The summed E-state index contributed by atoms with van der Waals surface area (Å²) in [5.41, 5.74) is 5.29. The second-order valence-electron chi connectivity index (χ2n) is 3.17. The Balaban J connectivity index is 4.58. The summed E-state index contributed by atoms with van der Waals surface area (Å²) in [7, 11) is -3.45. The third-order valence-corrected chi connectivity index (χ3v) is 3.37. The number of thiocarbonyl (C=S) groups is 1. The van der Waals surface area contributed by atoms with E-state index in [2.05, 4.69) is 16.9 Å². The fourth-order valence-corrected chi connectivity index (χ4v) is 2.54. The maximum absolute atomic E-state index is 11.6. The molecule has 0 aliphatic rings. The monoisotopic (exact) mass is 239 g/mol. The Bertz CT molecular complexity index is 287. The van der Waals surface area contributed by atoms with Crippen molar-refractivity contribution in [3.05, 3.63) is 0 Å². The maximum atomic E-state index is 11.6. The fourth-order valence-electron chi connectivity index (χ4n) is 0.913. The van der Waals surface area contributed by atoms with Gasteiger partial charge in [0, 0.05) is 12.6 Å². The van der Waals surface area contributed by atoms with Crippen LogP contribution in [-0.2, 0) is 10.2 Å². The average molecular weight is 239 g/mol. The molecule has 0 aromatic rings. The molecule has 0 bridgehead atoms. The Kier molecular flexibility index (Phi) is 5.50. The van der Waals surface area contributed by atoms with Crippen molar-refractivity contribution < 1.29 is 8.42 Å². The molecule has 0 aliphatic carbocycles. The van der Waals surface area contributed by atoms with Crippen LogP contribution in [0.5, 0.6) is 0 Å². The zero-order chi connectivity index (χ0) is 11.4. The summed E-state index contributed by atoms with van der Waals surface area (Å²) >= 11 is 4.66. The predicted molar refractivity (Wildman–Crippen MR) is 61.2 cm³/mol. The summed E-state index contributed by atoms with van der Waals surface area (Å²) in [4.78, 5) is 0.168. The average Bonchev–Trinajstić information content (AvgIpc) is 1.96. The second kappa shape index (κ2) is 5.59. The molecule has 0 aromatic heterocycles. The standard InChI is InChI=1S/C7H17N3O2S2/c1-4-10(5-7(8)13)14(11,12)9-6(2)3/h6,9H,4-5H2,1-3H3,(H2,8,13). The van der Waals surface area contributed by atoms with Crippen LogP contribution in [0.2, 0.25) is 0 Å². The normalized spacial score (nSPS) is 12.4. The Morgan fingerprint density at radius 1 is 1.57 bits per heavy atom. The highest BCUT2D eigenvalue weighted by Crippen LogP contribution is 1.98. The zero-order valence-corrected chi connectivity index (χ0v) is 10.3. The van der Waals surface area contributed by atoms with Crippen LogP contribution in [0.4, 0.5) is 0 Å². The summed E-state index contributed by atoms with van der Waals surface area (Å²) in [6.07, 6.45) is 0. The van der Waals surface area contributed by atoms with Crippen LogP contribution in [-0.4, -0.2) is 36.8 Å². The van der Waals surface area contributed by atoms with Crippen LogP contribution in [0.1, 0.15) is 20.8 Å². The Labute approximate surface area is 90.8 Å². The summed E-state index contributed by atoms with van der Waals surface area (Å²) in [6.45, 7) is 5.67. The van der Waals surface area contributed by atoms with Crippen molar-refractivity contribution in [2.24, 2.45) is 5.73 Å². The summed E-state index contributed by atoms with van der Waals surface area (Å²) in [5.74, 6) is 0. The lowest BCUT2D eigenvalue weighted by atomic mass is 10.4. The van der Waals surface area contributed by atoms with Gasteiger partial charge in [0.15, 0.2) is 0 Å². The fraction of sp³-hybridized carbons (Fsp3) is 0.857. The van der Waals surface area contributed by atoms with Gasteiger partial charge in [0.1, 0.15) is 0 Å². The highest BCUT2D eigenvalue weighted by atomic mass is 32.2. The molecule has 0 radical (unpaired) electrons. The summed E-state index contributed by atoms with van der Waals surface area (Å²) in [6, 6.07) is -0.139. The van der Waals surface area contributed by atoms with Crippen LogP contribution in [0.25, 0.3) is 0 Å². The smallest absolute Gasteiger partial charge is 0.280 e. The van der Waals surface area contributed by atoms with E-state index in [4.69, 9.17) is 5.73 Å². The first-order valence-electron chi connectivity index (χ1n) is 4.35. The van der Waals surface area contributed by atoms with Crippen molar-refractivity contribution in [3.8, 4) is 0 Å². The molecule has 3 N–H and O–H groups in total. The molecule has 5 nitrogen and oxygen atoms in total. The van der Waals surface area contributed by atoms with Gasteiger partial charge in [-0.1, -0.05) is 19.1 Å². The highest BCUT2D eigenvalue weighted by molar-refractivity contribution is 7.87. The topological polar surface area (TPSA) is 75.4 Å². The van der Waals surface area contributed by atoms with Gasteiger partial charge in [-0.2, -0.15) is 17.4 Å². The molecule has 0 heterocycles. The number of likely N-dealkylation sites (N-methyl/N-ethyl adjacent to an activating group) is 1.